The molecule has 2 heterocycles. The number of aryl methyl sites for hydroxylation is 1. The van der Waals surface area contributed by atoms with Gasteiger partial charge in [0.15, 0.2) is 11.5 Å². The molecule has 4 rings (SSSR count). The minimum atomic E-state index is -0.304. The van der Waals surface area contributed by atoms with Gasteiger partial charge in [-0.3, -0.25) is 4.79 Å². The molecule has 0 aliphatic carbocycles. The molecule has 1 N–H and O–H groups in total. The predicted octanol–water partition coefficient (Wildman–Crippen LogP) is 4.26. The molecule has 1 aliphatic heterocycles. The lowest BCUT2D eigenvalue weighted by atomic mass is 10.2. The number of ether oxygens (including phenoxy) is 2. The highest BCUT2D eigenvalue weighted by molar-refractivity contribution is 7.17. The molecule has 27 heavy (non-hydrogen) atoms. The van der Waals surface area contributed by atoms with Crippen LogP contribution < -0.4 is 14.9 Å². The molecule has 136 valence electrons. The van der Waals surface area contributed by atoms with E-state index in [2.05, 4.69) is 15.5 Å². The minimum Gasteiger partial charge on any atom is -0.454 e. The van der Waals surface area contributed by atoms with E-state index in [9.17, 15) is 4.79 Å². The average molecular weight is 400 g/mol. The van der Waals surface area contributed by atoms with Crippen molar-refractivity contribution in [2.75, 3.05) is 6.79 Å². The largest absolute Gasteiger partial charge is 0.454 e. The third-order valence-electron chi connectivity index (χ3n) is 3.87. The van der Waals surface area contributed by atoms with Gasteiger partial charge in [-0.1, -0.05) is 23.7 Å². The number of amides is 1. The molecule has 1 amide bonds. The quantitative estimate of drug-likeness (QED) is 0.525. The first kappa shape index (κ1) is 17.5. The fourth-order valence-electron chi connectivity index (χ4n) is 2.53. The molecular formula is C19H14ClN3O3S. The van der Waals surface area contributed by atoms with Crippen LogP contribution in [-0.4, -0.2) is 23.9 Å². The fraction of sp³-hybridized carbons (Fsp3) is 0.105. The van der Waals surface area contributed by atoms with Gasteiger partial charge >= 0.3 is 0 Å². The van der Waals surface area contributed by atoms with Crippen LogP contribution in [-0.2, 0) is 0 Å². The van der Waals surface area contributed by atoms with E-state index in [1.54, 1.807) is 37.4 Å². The van der Waals surface area contributed by atoms with E-state index in [1.165, 1.54) is 11.3 Å². The van der Waals surface area contributed by atoms with Gasteiger partial charge in [-0.05, 0) is 42.8 Å². The first-order chi connectivity index (χ1) is 13.1. The number of nitrogens with zero attached hydrogens (tertiary/aromatic N) is 2. The smallest absolute Gasteiger partial charge is 0.283 e. The van der Waals surface area contributed by atoms with Crippen molar-refractivity contribution in [1.29, 1.82) is 0 Å². The molecule has 8 heteroatoms. The second-order valence-corrected chi connectivity index (χ2v) is 7.19. The lowest BCUT2D eigenvalue weighted by Gasteiger charge is -1.99. The van der Waals surface area contributed by atoms with Crippen molar-refractivity contribution < 1.29 is 14.3 Å². The van der Waals surface area contributed by atoms with Gasteiger partial charge in [0.1, 0.15) is 9.88 Å². The van der Waals surface area contributed by atoms with E-state index in [1.807, 2.05) is 18.2 Å². The topological polar surface area (TPSA) is 72.8 Å². The van der Waals surface area contributed by atoms with Gasteiger partial charge in [0.25, 0.3) is 5.91 Å². The molecule has 0 spiro atoms. The Morgan fingerprint density at radius 2 is 2.00 bits per heavy atom. The van der Waals surface area contributed by atoms with Crippen molar-refractivity contribution >= 4 is 35.1 Å². The molecule has 0 fully saturated rings. The Hall–Kier alpha value is -2.90. The first-order valence-corrected chi connectivity index (χ1v) is 9.26. The number of hydrogen-bond acceptors (Lipinski definition) is 6. The van der Waals surface area contributed by atoms with Crippen LogP contribution in [0.4, 0.5) is 0 Å². The van der Waals surface area contributed by atoms with Gasteiger partial charge in [-0.25, -0.2) is 10.4 Å². The predicted molar refractivity (Wildman–Crippen MR) is 105 cm³/mol. The lowest BCUT2D eigenvalue weighted by Crippen LogP contribution is -2.17. The van der Waals surface area contributed by atoms with Crippen LogP contribution in [0.15, 0.2) is 47.6 Å². The highest BCUT2D eigenvalue weighted by Gasteiger charge is 2.16. The summed E-state index contributed by atoms with van der Waals surface area (Å²) in [4.78, 5) is 17.4. The zero-order chi connectivity index (χ0) is 18.8. The highest BCUT2D eigenvalue weighted by atomic mass is 35.5. The Labute approximate surface area is 164 Å². The summed E-state index contributed by atoms with van der Waals surface area (Å²) in [5.74, 6) is 1.06. The van der Waals surface area contributed by atoms with Crippen molar-refractivity contribution in [3.8, 4) is 22.1 Å². The second kappa shape index (κ2) is 7.38. The standard InChI is InChI=1S/C19H14ClN3O3S/c1-11-17(27-19(22-11)13-3-5-14(20)6-4-13)18(24)23-21-9-12-2-7-15-16(8-12)26-10-25-15/h2-9H,10H2,1H3,(H,23,24)/b21-9+. The van der Waals surface area contributed by atoms with Gasteiger partial charge in [-0.15, -0.1) is 11.3 Å². The summed E-state index contributed by atoms with van der Waals surface area (Å²) in [6.45, 7) is 2.01. The molecule has 6 nitrogen and oxygen atoms in total. The summed E-state index contributed by atoms with van der Waals surface area (Å²) < 4.78 is 10.6. The number of hydrazone groups is 1. The number of carbonyl (C=O) groups is 1. The Bertz CT molecular complexity index is 1030. The van der Waals surface area contributed by atoms with Gasteiger partial charge in [0.2, 0.25) is 6.79 Å². The molecule has 0 saturated carbocycles. The van der Waals surface area contributed by atoms with E-state index in [0.29, 0.717) is 27.1 Å². The third kappa shape index (κ3) is 3.79. The van der Waals surface area contributed by atoms with E-state index >= 15 is 0 Å². The van der Waals surface area contributed by atoms with Crippen LogP contribution in [0.2, 0.25) is 5.02 Å². The summed E-state index contributed by atoms with van der Waals surface area (Å²) in [7, 11) is 0. The second-order valence-electron chi connectivity index (χ2n) is 5.75. The summed E-state index contributed by atoms with van der Waals surface area (Å²) in [6, 6.07) is 12.8. The SMILES string of the molecule is Cc1nc(-c2ccc(Cl)cc2)sc1C(=O)N/N=C/c1ccc2c(c1)OCO2. The average Bonchev–Trinajstić information content (AvgIpc) is 3.28. The van der Waals surface area contributed by atoms with Crippen LogP contribution in [0.25, 0.3) is 10.6 Å². The van der Waals surface area contributed by atoms with Crippen molar-refractivity contribution in [2.24, 2.45) is 5.10 Å². The van der Waals surface area contributed by atoms with E-state index in [-0.39, 0.29) is 12.7 Å². The van der Waals surface area contributed by atoms with Crippen LogP contribution in [0, 0.1) is 6.92 Å². The maximum Gasteiger partial charge on any atom is 0.283 e. The number of aromatic nitrogens is 1. The maximum atomic E-state index is 12.4. The zero-order valence-corrected chi connectivity index (χ0v) is 15.8. The summed E-state index contributed by atoms with van der Waals surface area (Å²) in [5.41, 5.74) is 4.90. The summed E-state index contributed by atoms with van der Waals surface area (Å²) in [5, 5.41) is 5.43. The van der Waals surface area contributed by atoms with Gasteiger partial charge in [0, 0.05) is 10.6 Å². The number of benzene rings is 2. The van der Waals surface area contributed by atoms with Gasteiger partial charge in [-0.2, -0.15) is 5.10 Å². The number of fused-ring (bicyclic) bond motifs is 1. The molecule has 1 aromatic heterocycles. The van der Waals surface area contributed by atoms with E-state index < -0.39 is 0 Å². The van der Waals surface area contributed by atoms with Crippen molar-refractivity contribution in [3.05, 3.63) is 63.6 Å². The van der Waals surface area contributed by atoms with Crippen molar-refractivity contribution in [3.63, 3.8) is 0 Å². The number of rotatable bonds is 4. The van der Waals surface area contributed by atoms with Crippen LogP contribution in [0.1, 0.15) is 20.9 Å². The van der Waals surface area contributed by atoms with E-state index in [4.69, 9.17) is 21.1 Å². The number of hydrogen-bond donors (Lipinski definition) is 1. The Morgan fingerprint density at radius 1 is 1.22 bits per heavy atom. The highest BCUT2D eigenvalue weighted by Crippen LogP contribution is 2.32. The number of thiazole rings is 1. The lowest BCUT2D eigenvalue weighted by molar-refractivity contribution is 0.0958. The van der Waals surface area contributed by atoms with Crippen molar-refractivity contribution in [2.45, 2.75) is 6.92 Å². The molecule has 0 radical (unpaired) electrons. The molecule has 0 saturated heterocycles. The zero-order valence-electron chi connectivity index (χ0n) is 14.2. The Balaban J connectivity index is 1.46. The maximum absolute atomic E-state index is 12.4. The monoisotopic (exact) mass is 399 g/mol. The molecule has 0 atom stereocenters. The fourth-order valence-corrected chi connectivity index (χ4v) is 3.62. The molecule has 1 aliphatic rings. The van der Waals surface area contributed by atoms with Crippen molar-refractivity contribution in [1.82, 2.24) is 10.4 Å². The summed E-state index contributed by atoms with van der Waals surface area (Å²) in [6.07, 6.45) is 1.55. The van der Waals surface area contributed by atoms with Crippen LogP contribution in [0.5, 0.6) is 11.5 Å². The molecule has 0 bridgehead atoms. The van der Waals surface area contributed by atoms with Crippen LogP contribution in [0.3, 0.4) is 0 Å². The van der Waals surface area contributed by atoms with Crippen LogP contribution >= 0.6 is 22.9 Å². The molecule has 2 aromatic carbocycles. The van der Waals surface area contributed by atoms with Gasteiger partial charge in [0.05, 0.1) is 11.9 Å². The third-order valence-corrected chi connectivity index (χ3v) is 5.33. The molecule has 0 unspecified atom stereocenters. The summed E-state index contributed by atoms with van der Waals surface area (Å²) >= 11 is 7.23. The minimum absolute atomic E-state index is 0.216. The van der Waals surface area contributed by atoms with E-state index in [0.717, 1.165) is 16.1 Å². The number of nitrogens with one attached hydrogen (secondary N) is 1. The number of carbonyl (C=O) groups excluding carboxylic acids is 1. The molecular weight excluding hydrogens is 386 g/mol. The molecule has 3 aromatic rings. The number of halogens is 1. The Morgan fingerprint density at radius 3 is 2.81 bits per heavy atom. The van der Waals surface area contributed by atoms with Gasteiger partial charge < -0.3 is 9.47 Å². The first-order valence-electron chi connectivity index (χ1n) is 8.06. The Kier molecular flexibility index (Phi) is 4.79. The normalized spacial score (nSPS) is 12.5.